The molecule has 0 fully saturated rings. The minimum Gasteiger partial charge on any atom is -0.465 e. The molecule has 8 nitrogen and oxygen atoms in total. The van der Waals surface area contributed by atoms with Crippen LogP contribution in [0.4, 0.5) is 13.2 Å². The topological polar surface area (TPSA) is 90.5 Å². The Morgan fingerprint density at radius 1 is 1.15 bits per heavy atom. The zero-order valence-electron chi connectivity index (χ0n) is 18.5. The molecule has 0 N–H and O–H groups in total. The summed E-state index contributed by atoms with van der Waals surface area (Å²) in [5, 5.41) is 8.75. The van der Waals surface area contributed by atoms with Crippen LogP contribution >= 0.6 is 11.8 Å². The first-order valence-electron chi connectivity index (χ1n) is 10.4. The van der Waals surface area contributed by atoms with Gasteiger partial charge in [-0.25, -0.2) is 0 Å². The molecule has 34 heavy (non-hydrogen) atoms. The van der Waals surface area contributed by atoms with E-state index in [1.54, 1.807) is 23.6 Å². The predicted molar refractivity (Wildman–Crippen MR) is 118 cm³/mol. The van der Waals surface area contributed by atoms with Gasteiger partial charge in [0, 0.05) is 13.1 Å². The molecule has 0 aliphatic rings. The van der Waals surface area contributed by atoms with E-state index in [2.05, 4.69) is 10.2 Å². The predicted octanol–water partition coefficient (Wildman–Crippen LogP) is 4.26. The van der Waals surface area contributed by atoms with Gasteiger partial charge in [0.05, 0.1) is 24.2 Å². The van der Waals surface area contributed by atoms with E-state index in [-0.39, 0.29) is 25.4 Å². The van der Waals surface area contributed by atoms with Crippen molar-refractivity contribution < 1.29 is 31.9 Å². The molecule has 0 spiro atoms. The Bertz CT molecular complexity index is 1100. The number of aromatic nitrogens is 3. The summed E-state index contributed by atoms with van der Waals surface area (Å²) >= 11 is 1.14. The number of carbonyl (C=O) groups is 2. The van der Waals surface area contributed by atoms with Crippen LogP contribution in [-0.4, -0.2) is 50.4 Å². The molecule has 0 aliphatic carbocycles. The second-order valence-electron chi connectivity index (χ2n) is 7.07. The van der Waals surface area contributed by atoms with Gasteiger partial charge < -0.3 is 14.1 Å². The number of ether oxygens (including phenoxy) is 1. The number of benzene rings is 1. The molecular weight excluding hydrogens is 473 g/mol. The van der Waals surface area contributed by atoms with Crippen LogP contribution in [0.25, 0.3) is 11.6 Å². The molecule has 0 radical (unpaired) electrons. The molecule has 2 heterocycles. The van der Waals surface area contributed by atoms with E-state index >= 15 is 0 Å². The zero-order chi connectivity index (χ0) is 24.7. The van der Waals surface area contributed by atoms with Crippen LogP contribution in [0.15, 0.2) is 52.2 Å². The molecule has 1 aromatic carbocycles. The van der Waals surface area contributed by atoms with Gasteiger partial charge >= 0.3 is 12.1 Å². The highest BCUT2D eigenvalue weighted by Gasteiger charge is 2.30. The van der Waals surface area contributed by atoms with Gasteiger partial charge in [0.1, 0.15) is 6.54 Å². The summed E-state index contributed by atoms with van der Waals surface area (Å²) in [4.78, 5) is 26.2. The highest BCUT2D eigenvalue weighted by atomic mass is 32.2. The van der Waals surface area contributed by atoms with Gasteiger partial charge in [0.25, 0.3) is 0 Å². The Labute approximate surface area is 198 Å². The molecule has 0 bridgehead atoms. The maximum Gasteiger partial charge on any atom is 0.416 e. The Morgan fingerprint density at radius 2 is 1.88 bits per heavy atom. The monoisotopic (exact) mass is 496 g/mol. The van der Waals surface area contributed by atoms with E-state index in [9.17, 15) is 22.8 Å². The normalized spacial score (nSPS) is 11.4. The minimum atomic E-state index is -4.46. The average molecular weight is 497 g/mol. The molecule has 0 atom stereocenters. The molecule has 3 rings (SSSR count). The minimum absolute atomic E-state index is 0.0472. The number of esters is 1. The van der Waals surface area contributed by atoms with Crippen molar-refractivity contribution >= 4 is 23.6 Å². The van der Waals surface area contributed by atoms with Gasteiger partial charge in [-0.1, -0.05) is 23.9 Å². The van der Waals surface area contributed by atoms with Crippen LogP contribution in [0.1, 0.15) is 25.0 Å². The summed E-state index contributed by atoms with van der Waals surface area (Å²) in [7, 11) is 0. The van der Waals surface area contributed by atoms with Crippen molar-refractivity contribution in [3.8, 4) is 11.6 Å². The molecule has 182 valence electrons. The zero-order valence-corrected chi connectivity index (χ0v) is 19.4. The van der Waals surface area contributed by atoms with Gasteiger partial charge in [-0.2, -0.15) is 13.2 Å². The molecule has 0 aliphatic heterocycles. The van der Waals surface area contributed by atoms with Crippen molar-refractivity contribution in [3.05, 3.63) is 53.8 Å². The molecule has 0 unspecified atom stereocenters. The van der Waals surface area contributed by atoms with Gasteiger partial charge in [0.2, 0.25) is 5.91 Å². The van der Waals surface area contributed by atoms with E-state index < -0.39 is 23.6 Å². The molecular formula is C22H23F3N4O4S. The second kappa shape index (κ2) is 11.2. The Balaban J connectivity index is 1.72. The van der Waals surface area contributed by atoms with Gasteiger partial charge in [-0.3, -0.25) is 14.2 Å². The lowest BCUT2D eigenvalue weighted by molar-refractivity contribution is -0.148. The van der Waals surface area contributed by atoms with Crippen molar-refractivity contribution in [2.75, 3.05) is 18.9 Å². The number of furan rings is 1. The highest BCUT2D eigenvalue weighted by Crippen LogP contribution is 2.29. The van der Waals surface area contributed by atoms with Crippen molar-refractivity contribution in [2.45, 2.75) is 38.3 Å². The molecule has 0 saturated heterocycles. The number of rotatable bonds is 10. The fourth-order valence-corrected chi connectivity index (χ4v) is 4.01. The molecule has 3 aromatic rings. The number of hydrogen-bond donors (Lipinski definition) is 0. The summed E-state index contributed by atoms with van der Waals surface area (Å²) in [6.07, 6.45) is -2.94. The first kappa shape index (κ1) is 25.3. The largest absolute Gasteiger partial charge is 0.465 e. The SMILES string of the molecule is CCOC(=O)CN(Cc1ccc(C(F)(F)F)cc1)C(=O)CSc1nnc(-c2ccco2)n1CC. The van der Waals surface area contributed by atoms with Crippen LogP contribution in [0.3, 0.4) is 0 Å². The average Bonchev–Trinajstić information content (AvgIpc) is 3.46. The van der Waals surface area contributed by atoms with E-state index in [1.807, 2.05) is 6.92 Å². The van der Waals surface area contributed by atoms with E-state index in [4.69, 9.17) is 9.15 Å². The lowest BCUT2D eigenvalue weighted by atomic mass is 10.1. The fraction of sp³-hybridized carbons (Fsp3) is 0.364. The number of alkyl halides is 3. The number of amides is 1. The van der Waals surface area contributed by atoms with Crippen molar-refractivity contribution in [3.63, 3.8) is 0 Å². The van der Waals surface area contributed by atoms with Crippen LogP contribution < -0.4 is 0 Å². The van der Waals surface area contributed by atoms with Crippen LogP contribution in [0.5, 0.6) is 0 Å². The summed E-state index contributed by atoms with van der Waals surface area (Å²) in [5.74, 6) is -0.00170. The van der Waals surface area contributed by atoms with Gasteiger partial charge in [0.15, 0.2) is 16.7 Å². The number of thioether (sulfide) groups is 1. The highest BCUT2D eigenvalue weighted by molar-refractivity contribution is 7.99. The number of carbonyl (C=O) groups excluding carboxylic acids is 2. The molecule has 0 saturated carbocycles. The quantitative estimate of drug-likeness (QED) is 0.306. The summed E-state index contributed by atoms with van der Waals surface area (Å²) in [6.45, 7) is 3.85. The molecule has 2 aromatic heterocycles. The van der Waals surface area contributed by atoms with E-state index in [0.717, 1.165) is 23.9 Å². The Kier molecular flexibility index (Phi) is 8.37. The van der Waals surface area contributed by atoms with Crippen LogP contribution in [0, 0.1) is 0 Å². The smallest absolute Gasteiger partial charge is 0.416 e. The standard InChI is InChI=1S/C22H23F3N4O4S/c1-3-29-20(17-6-5-11-33-17)26-27-21(29)34-14-18(30)28(13-19(31)32-4-2)12-15-7-9-16(10-8-15)22(23,24)25/h5-11H,3-4,12-14H2,1-2H3. The Hall–Kier alpha value is -3.28. The fourth-order valence-electron chi connectivity index (χ4n) is 3.10. The van der Waals surface area contributed by atoms with E-state index in [0.29, 0.717) is 28.8 Å². The summed E-state index contributed by atoms with van der Waals surface area (Å²) in [5.41, 5.74) is -0.339. The number of halogens is 3. The third kappa shape index (κ3) is 6.40. The van der Waals surface area contributed by atoms with Crippen molar-refractivity contribution in [1.82, 2.24) is 19.7 Å². The third-order valence-corrected chi connectivity index (χ3v) is 5.68. The number of hydrogen-bond acceptors (Lipinski definition) is 7. The van der Waals surface area contributed by atoms with Crippen molar-refractivity contribution in [2.24, 2.45) is 0 Å². The van der Waals surface area contributed by atoms with Crippen LogP contribution in [0.2, 0.25) is 0 Å². The third-order valence-electron chi connectivity index (χ3n) is 4.73. The van der Waals surface area contributed by atoms with Crippen LogP contribution in [-0.2, 0) is 33.6 Å². The van der Waals surface area contributed by atoms with Crippen molar-refractivity contribution in [1.29, 1.82) is 0 Å². The first-order chi connectivity index (χ1) is 16.2. The van der Waals surface area contributed by atoms with Gasteiger partial charge in [-0.15, -0.1) is 10.2 Å². The summed E-state index contributed by atoms with van der Waals surface area (Å²) < 4.78 is 50.6. The van der Waals surface area contributed by atoms with Gasteiger partial charge in [-0.05, 0) is 43.7 Å². The molecule has 1 amide bonds. The Morgan fingerprint density at radius 3 is 2.47 bits per heavy atom. The number of nitrogens with zero attached hydrogens (tertiary/aromatic N) is 4. The van der Waals surface area contributed by atoms with E-state index in [1.165, 1.54) is 23.3 Å². The maximum absolute atomic E-state index is 13.0. The first-order valence-corrected chi connectivity index (χ1v) is 11.4. The lowest BCUT2D eigenvalue weighted by Gasteiger charge is -2.22. The molecule has 12 heteroatoms. The second-order valence-corrected chi connectivity index (χ2v) is 8.01. The lowest BCUT2D eigenvalue weighted by Crippen LogP contribution is -2.37. The summed E-state index contributed by atoms with van der Waals surface area (Å²) in [6, 6.07) is 7.93. The maximum atomic E-state index is 13.0.